The molecular weight excluding hydrogens is 253 g/mol. The molecule has 0 radical (unpaired) electrons. The molecule has 4 nitrogen and oxygen atoms in total. The van der Waals surface area contributed by atoms with Crippen LogP contribution in [-0.4, -0.2) is 30.7 Å². The van der Waals surface area contributed by atoms with E-state index in [9.17, 15) is 18.0 Å². The first-order chi connectivity index (χ1) is 8.31. The van der Waals surface area contributed by atoms with Crippen molar-refractivity contribution in [1.82, 2.24) is 0 Å². The number of carbonyl (C=O) groups is 1. The van der Waals surface area contributed by atoms with Gasteiger partial charge in [0.2, 0.25) is 0 Å². The Labute approximate surface area is 101 Å². The molecule has 100 valence electrons. The molecule has 18 heavy (non-hydrogen) atoms. The minimum atomic E-state index is -4.42. The van der Waals surface area contributed by atoms with Crippen molar-refractivity contribution in [3.8, 4) is 5.75 Å². The Morgan fingerprint density at radius 3 is 2.61 bits per heavy atom. The molecule has 0 heterocycles. The lowest BCUT2D eigenvalue weighted by atomic mass is 10.1. The highest BCUT2D eigenvalue weighted by Gasteiger charge is 2.27. The van der Waals surface area contributed by atoms with E-state index in [1.165, 1.54) is 25.1 Å². The summed E-state index contributed by atoms with van der Waals surface area (Å²) in [4.78, 5) is 10.8. The monoisotopic (exact) mass is 264 g/mol. The standard InChI is InChI=1S/C11H11F3O4/c1-7-8(10(15)16)3-2-4-9(7)18-6-17-5-11(12,13)14/h2-4H,5-6H2,1H3,(H,15,16). The van der Waals surface area contributed by atoms with Gasteiger partial charge in [0.1, 0.15) is 12.4 Å². The first-order valence-corrected chi connectivity index (χ1v) is 4.91. The molecule has 0 fully saturated rings. The van der Waals surface area contributed by atoms with E-state index < -0.39 is 25.5 Å². The van der Waals surface area contributed by atoms with E-state index in [2.05, 4.69) is 4.74 Å². The molecule has 1 N–H and O–H groups in total. The first-order valence-electron chi connectivity index (χ1n) is 4.91. The van der Waals surface area contributed by atoms with Gasteiger partial charge in [0.15, 0.2) is 6.79 Å². The molecule has 1 aromatic carbocycles. The topological polar surface area (TPSA) is 55.8 Å². The zero-order chi connectivity index (χ0) is 13.8. The highest BCUT2D eigenvalue weighted by Crippen LogP contribution is 2.21. The van der Waals surface area contributed by atoms with Gasteiger partial charge in [-0.25, -0.2) is 4.79 Å². The number of hydrogen-bond donors (Lipinski definition) is 1. The largest absolute Gasteiger partial charge is 0.478 e. The lowest BCUT2D eigenvalue weighted by Gasteiger charge is -2.12. The van der Waals surface area contributed by atoms with Crippen LogP contribution in [0.1, 0.15) is 15.9 Å². The Kier molecular flexibility index (Phi) is 4.55. The quantitative estimate of drug-likeness (QED) is 0.656. The van der Waals surface area contributed by atoms with Gasteiger partial charge in [-0.05, 0) is 19.1 Å². The van der Waals surface area contributed by atoms with Crippen molar-refractivity contribution in [3.63, 3.8) is 0 Å². The van der Waals surface area contributed by atoms with Crippen LogP contribution in [-0.2, 0) is 4.74 Å². The summed E-state index contributed by atoms with van der Waals surface area (Å²) in [6.45, 7) is -0.503. The zero-order valence-corrected chi connectivity index (χ0v) is 9.45. The molecule has 0 saturated heterocycles. The average Bonchev–Trinajstić information content (AvgIpc) is 2.24. The van der Waals surface area contributed by atoms with E-state index in [0.717, 1.165) is 0 Å². The predicted molar refractivity (Wildman–Crippen MR) is 55.6 cm³/mol. The minimum Gasteiger partial charge on any atom is -0.478 e. The number of benzene rings is 1. The molecule has 0 bridgehead atoms. The van der Waals surface area contributed by atoms with Crippen molar-refractivity contribution in [2.75, 3.05) is 13.4 Å². The molecule has 0 aromatic heterocycles. The number of halogens is 3. The fourth-order valence-electron chi connectivity index (χ4n) is 1.27. The number of ether oxygens (including phenoxy) is 2. The summed E-state index contributed by atoms with van der Waals surface area (Å²) >= 11 is 0. The van der Waals surface area contributed by atoms with Gasteiger partial charge in [0.25, 0.3) is 0 Å². The molecule has 0 unspecified atom stereocenters. The van der Waals surface area contributed by atoms with Gasteiger partial charge in [-0.15, -0.1) is 0 Å². The molecule has 1 rings (SSSR count). The van der Waals surface area contributed by atoms with Gasteiger partial charge >= 0.3 is 12.1 Å². The summed E-state index contributed by atoms with van der Waals surface area (Å²) in [5.41, 5.74) is 0.365. The summed E-state index contributed by atoms with van der Waals surface area (Å²) in [5.74, 6) is -0.953. The highest BCUT2D eigenvalue weighted by molar-refractivity contribution is 5.90. The van der Waals surface area contributed by atoms with Gasteiger partial charge < -0.3 is 14.6 Å². The fraction of sp³-hybridized carbons (Fsp3) is 0.364. The smallest absolute Gasteiger partial charge is 0.411 e. The number of alkyl halides is 3. The van der Waals surface area contributed by atoms with Crippen molar-refractivity contribution in [3.05, 3.63) is 29.3 Å². The molecular formula is C11H11F3O4. The summed E-state index contributed by atoms with van der Waals surface area (Å²) < 4.78 is 44.5. The normalized spacial score (nSPS) is 11.3. The number of rotatable bonds is 5. The summed E-state index contributed by atoms with van der Waals surface area (Å²) in [6, 6.07) is 4.27. The van der Waals surface area contributed by atoms with Gasteiger partial charge in [-0.3, -0.25) is 0 Å². The third-order valence-corrected chi connectivity index (χ3v) is 2.08. The number of hydrogen-bond acceptors (Lipinski definition) is 3. The van der Waals surface area contributed by atoms with Gasteiger partial charge in [-0.1, -0.05) is 6.07 Å². The van der Waals surface area contributed by atoms with Crippen molar-refractivity contribution < 1.29 is 32.5 Å². The Morgan fingerprint density at radius 2 is 2.06 bits per heavy atom. The van der Waals surface area contributed by atoms with E-state index in [4.69, 9.17) is 9.84 Å². The average molecular weight is 264 g/mol. The van der Waals surface area contributed by atoms with Crippen molar-refractivity contribution in [2.24, 2.45) is 0 Å². The second kappa shape index (κ2) is 5.72. The van der Waals surface area contributed by atoms with Crippen LogP contribution in [0.4, 0.5) is 13.2 Å². The Morgan fingerprint density at radius 1 is 1.39 bits per heavy atom. The van der Waals surface area contributed by atoms with Crippen LogP contribution in [0.15, 0.2) is 18.2 Å². The maximum absolute atomic E-state index is 11.8. The fourth-order valence-corrected chi connectivity index (χ4v) is 1.27. The summed E-state index contributed by atoms with van der Waals surface area (Å²) in [7, 11) is 0. The molecule has 0 atom stereocenters. The molecule has 0 aliphatic rings. The van der Waals surface area contributed by atoms with E-state index in [1.54, 1.807) is 0 Å². The van der Waals surface area contributed by atoms with Crippen molar-refractivity contribution in [1.29, 1.82) is 0 Å². The molecule has 0 aliphatic heterocycles. The van der Waals surface area contributed by atoms with Crippen LogP contribution in [0, 0.1) is 6.92 Å². The number of carboxylic acid groups (broad SMARTS) is 1. The summed E-state index contributed by atoms with van der Waals surface area (Å²) in [6.07, 6.45) is -4.42. The third-order valence-electron chi connectivity index (χ3n) is 2.08. The maximum atomic E-state index is 11.8. The van der Waals surface area contributed by atoms with E-state index in [1.807, 2.05) is 0 Å². The van der Waals surface area contributed by atoms with Crippen LogP contribution < -0.4 is 4.74 Å². The van der Waals surface area contributed by atoms with Gasteiger partial charge in [0.05, 0.1) is 5.56 Å². The van der Waals surface area contributed by atoms with Crippen LogP contribution in [0.5, 0.6) is 5.75 Å². The van der Waals surface area contributed by atoms with Crippen LogP contribution in [0.3, 0.4) is 0 Å². The lowest BCUT2D eigenvalue weighted by molar-refractivity contribution is -0.186. The van der Waals surface area contributed by atoms with E-state index >= 15 is 0 Å². The Bertz CT molecular complexity index is 429. The van der Waals surface area contributed by atoms with Crippen LogP contribution in [0.2, 0.25) is 0 Å². The second-order valence-electron chi connectivity index (χ2n) is 3.46. The molecule has 0 aliphatic carbocycles. The van der Waals surface area contributed by atoms with E-state index in [-0.39, 0.29) is 11.3 Å². The minimum absolute atomic E-state index is 0.0309. The highest BCUT2D eigenvalue weighted by atomic mass is 19.4. The maximum Gasteiger partial charge on any atom is 0.411 e. The number of aromatic carboxylic acids is 1. The van der Waals surface area contributed by atoms with Crippen molar-refractivity contribution in [2.45, 2.75) is 13.1 Å². The van der Waals surface area contributed by atoms with Gasteiger partial charge in [-0.2, -0.15) is 13.2 Å². The first kappa shape index (κ1) is 14.3. The predicted octanol–water partition coefficient (Wildman–Crippen LogP) is 2.61. The zero-order valence-electron chi connectivity index (χ0n) is 9.45. The van der Waals surface area contributed by atoms with Crippen molar-refractivity contribution >= 4 is 5.97 Å². The third kappa shape index (κ3) is 4.25. The summed E-state index contributed by atoms with van der Waals surface area (Å²) in [5, 5.41) is 8.83. The lowest BCUT2D eigenvalue weighted by Crippen LogP contribution is -2.19. The molecule has 1 aromatic rings. The van der Waals surface area contributed by atoms with E-state index in [0.29, 0.717) is 5.56 Å². The number of carboxylic acids is 1. The Balaban J connectivity index is 2.58. The molecule has 0 spiro atoms. The molecule has 7 heteroatoms. The SMILES string of the molecule is Cc1c(OCOCC(F)(F)F)cccc1C(=O)O. The van der Waals surface area contributed by atoms with Crippen LogP contribution in [0.25, 0.3) is 0 Å². The Hall–Kier alpha value is -1.76. The molecule has 0 amide bonds. The van der Waals surface area contributed by atoms with Crippen LogP contribution >= 0.6 is 0 Å². The second-order valence-corrected chi connectivity index (χ2v) is 3.46. The van der Waals surface area contributed by atoms with Gasteiger partial charge in [0, 0.05) is 5.56 Å². The molecule has 0 saturated carbocycles.